The summed E-state index contributed by atoms with van der Waals surface area (Å²) in [6.07, 6.45) is 21.9. The zero-order chi connectivity index (χ0) is 18.5. The van der Waals surface area contributed by atoms with E-state index < -0.39 is 0 Å². The summed E-state index contributed by atoms with van der Waals surface area (Å²) < 4.78 is 1.12. The van der Waals surface area contributed by atoms with Crippen LogP contribution in [0.3, 0.4) is 0 Å². The first-order chi connectivity index (χ1) is 11.5. The summed E-state index contributed by atoms with van der Waals surface area (Å²) >= 11 is 0. The van der Waals surface area contributed by atoms with Gasteiger partial charge in [0.2, 0.25) is 0 Å². The standard InChI is InChI=1S/C20H44N.HNO2/c1-5-6-7-8-9-10-11-12-13-14-15-16-17-18-19-20-21(2,3)4;2-1-3/h5-20H2,1-4H3;(H,2,3)/q+1;/p-1. The Morgan fingerprint density at radius 2 is 0.875 bits per heavy atom. The third kappa shape index (κ3) is 29.4. The van der Waals surface area contributed by atoms with Crippen molar-refractivity contribution in [3.63, 3.8) is 0 Å². The van der Waals surface area contributed by atoms with Crippen LogP contribution in [0, 0.1) is 10.1 Å². The summed E-state index contributed by atoms with van der Waals surface area (Å²) in [5, 5.41) is 9.00. The predicted molar refractivity (Wildman–Crippen MR) is 107 cm³/mol. The number of quaternary nitrogens is 1. The Morgan fingerprint density at radius 3 is 1.12 bits per heavy atom. The van der Waals surface area contributed by atoms with Crippen molar-refractivity contribution in [3.05, 3.63) is 10.1 Å². The minimum Gasteiger partial charge on any atom is -0.444 e. The second-order valence-corrected chi connectivity index (χ2v) is 8.04. The predicted octanol–water partition coefficient (Wildman–Crippen LogP) is 6.81. The Kier molecular flexibility index (Phi) is 21.8. The van der Waals surface area contributed by atoms with Crippen LogP contribution < -0.4 is 0 Å². The van der Waals surface area contributed by atoms with Crippen molar-refractivity contribution < 1.29 is 4.48 Å². The van der Waals surface area contributed by atoms with Crippen LogP contribution in [0.4, 0.5) is 0 Å². The van der Waals surface area contributed by atoms with E-state index in [1.807, 2.05) is 0 Å². The van der Waals surface area contributed by atoms with E-state index in [0.717, 1.165) is 9.82 Å². The number of rotatable bonds is 16. The molecule has 24 heavy (non-hydrogen) atoms. The molecule has 0 aromatic rings. The highest BCUT2D eigenvalue weighted by atomic mass is 16.6. The average Bonchev–Trinajstić information content (AvgIpc) is 2.51. The highest BCUT2D eigenvalue weighted by Crippen LogP contribution is 2.13. The zero-order valence-electron chi connectivity index (χ0n) is 17.0. The van der Waals surface area contributed by atoms with Crippen molar-refractivity contribution in [3.8, 4) is 0 Å². The first-order valence-corrected chi connectivity index (χ1v) is 10.2. The Bertz CT molecular complexity index is 240. The molecule has 0 unspecified atom stereocenters. The van der Waals surface area contributed by atoms with Gasteiger partial charge in [-0.05, 0) is 12.8 Å². The van der Waals surface area contributed by atoms with Gasteiger partial charge in [0.1, 0.15) is 0 Å². The van der Waals surface area contributed by atoms with Gasteiger partial charge in [-0.3, -0.25) is 0 Å². The first kappa shape index (κ1) is 25.6. The molecule has 0 saturated carbocycles. The number of unbranched alkanes of at least 4 members (excludes halogenated alkanes) is 14. The highest BCUT2D eigenvalue weighted by molar-refractivity contribution is 4.49. The molecule has 4 nitrogen and oxygen atoms in total. The lowest BCUT2D eigenvalue weighted by Crippen LogP contribution is -2.35. The first-order valence-electron chi connectivity index (χ1n) is 10.2. The van der Waals surface area contributed by atoms with Gasteiger partial charge in [0.05, 0.1) is 27.7 Å². The molecule has 0 fully saturated rings. The molecule has 0 N–H and O–H groups in total. The van der Waals surface area contributed by atoms with Gasteiger partial charge in [0.15, 0.2) is 0 Å². The zero-order valence-corrected chi connectivity index (χ0v) is 17.0. The second kappa shape index (κ2) is 20.4. The molecule has 0 bridgehead atoms. The topological polar surface area (TPSA) is 52.5 Å². The Balaban J connectivity index is 0. The van der Waals surface area contributed by atoms with Crippen LogP contribution in [-0.4, -0.2) is 32.2 Å². The highest BCUT2D eigenvalue weighted by Gasteiger charge is 2.04. The summed E-state index contributed by atoms with van der Waals surface area (Å²) in [4.78, 5) is 8.00. The fraction of sp³-hybridized carbons (Fsp3) is 1.00. The average molecular weight is 345 g/mol. The Morgan fingerprint density at radius 1 is 0.625 bits per heavy atom. The minimum absolute atomic E-state index is 1.00. The van der Waals surface area contributed by atoms with Crippen LogP contribution >= 0.6 is 0 Å². The van der Waals surface area contributed by atoms with Gasteiger partial charge >= 0.3 is 0 Å². The molecular weight excluding hydrogens is 300 g/mol. The molecule has 0 atom stereocenters. The third-order valence-electron chi connectivity index (χ3n) is 4.43. The largest absolute Gasteiger partial charge is 0.444 e. The Hall–Kier alpha value is -0.640. The lowest BCUT2D eigenvalue weighted by atomic mass is 10.0. The van der Waals surface area contributed by atoms with Gasteiger partial charge in [-0.2, -0.15) is 0 Å². The fourth-order valence-corrected chi connectivity index (χ4v) is 2.96. The van der Waals surface area contributed by atoms with E-state index in [1.54, 1.807) is 0 Å². The molecule has 0 aliphatic heterocycles. The molecule has 0 spiro atoms. The summed E-state index contributed by atoms with van der Waals surface area (Å²) in [5.74, 6) is 0. The van der Waals surface area contributed by atoms with Crippen molar-refractivity contribution in [1.82, 2.24) is 0 Å². The normalized spacial score (nSPS) is 11.0. The lowest BCUT2D eigenvalue weighted by Gasteiger charge is -2.23. The van der Waals surface area contributed by atoms with Crippen molar-refractivity contribution in [2.45, 2.75) is 103 Å². The van der Waals surface area contributed by atoms with E-state index >= 15 is 0 Å². The molecule has 0 aromatic heterocycles. The molecule has 4 heteroatoms. The van der Waals surface area contributed by atoms with Crippen LogP contribution in [0.1, 0.15) is 103 Å². The van der Waals surface area contributed by atoms with Crippen molar-refractivity contribution in [2.24, 2.45) is 5.34 Å². The van der Waals surface area contributed by atoms with E-state index in [-0.39, 0.29) is 0 Å². The monoisotopic (exact) mass is 344 g/mol. The molecular formula is C20H44N2O2. The van der Waals surface area contributed by atoms with Gasteiger partial charge < -0.3 is 14.6 Å². The maximum absolute atomic E-state index is 8.00. The smallest absolute Gasteiger partial charge is 0.0780 e. The fourth-order valence-electron chi connectivity index (χ4n) is 2.96. The van der Waals surface area contributed by atoms with Gasteiger partial charge in [-0.15, -0.1) is 5.34 Å². The molecule has 0 amide bonds. The molecule has 0 aliphatic carbocycles. The molecule has 0 saturated heterocycles. The van der Waals surface area contributed by atoms with Gasteiger partial charge in [0.25, 0.3) is 0 Å². The summed E-state index contributed by atoms with van der Waals surface area (Å²) in [5.41, 5.74) is 0. The number of hydrogen-bond donors (Lipinski definition) is 0. The minimum atomic E-state index is 1.00. The van der Waals surface area contributed by atoms with E-state index in [4.69, 9.17) is 10.1 Å². The molecule has 146 valence electrons. The van der Waals surface area contributed by atoms with Crippen LogP contribution in [0.5, 0.6) is 0 Å². The number of nitrogens with zero attached hydrogens (tertiary/aromatic N) is 2. The second-order valence-electron chi connectivity index (χ2n) is 8.04. The molecule has 0 aliphatic rings. The summed E-state index contributed by atoms with van der Waals surface area (Å²) in [6, 6.07) is 0. The molecule has 0 heterocycles. The van der Waals surface area contributed by atoms with E-state index in [1.165, 1.54) is 103 Å². The van der Waals surface area contributed by atoms with E-state index in [2.05, 4.69) is 28.1 Å². The summed E-state index contributed by atoms with van der Waals surface area (Å²) in [7, 11) is 6.89. The Labute approximate surface area is 151 Å². The van der Waals surface area contributed by atoms with Crippen LogP contribution in [0.2, 0.25) is 0 Å². The van der Waals surface area contributed by atoms with Crippen LogP contribution in [0.15, 0.2) is 5.34 Å². The van der Waals surface area contributed by atoms with Crippen LogP contribution in [0.25, 0.3) is 0 Å². The number of hydrogen-bond acceptors (Lipinski definition) is 3. The van der Waals surface area contributed by atoms with Crippen molar-refractivity contribution in [1.29, 1.82) is 0 Å². The summed E-state index contributed by atoms with van der Waals surface area (Å²) in [6.45, 7) is 3.63. The van der Waals surface area contributed by atoms with E-state index in [9.17, 15) is 0 Å². The quantitative estimate of drug-likeness (QED) is 0.133. The SMILES string of the molecule is CCCCCCCCCCCCCCCCC[N+](C)(C)C.O=N[O-]. The van der Waals surface area contributed by atoms with E-state index in [0.29, 0.717) is 0 Å². The molecule has 0 aromatic carbocycles. The van der Waals surface area contributed by atoms with Gasteiger partial charge in [-0.1, -0.05) is 90.4 Å². The maximum atomic E-state index is 8.00. The van der Waals surface area contributed by atoms with Gasteiger partial charge in [0, 0.05) is 0 Å². The molecule has 0 rings (SSSR count). The van der Waals surface area contributed by atoms with Crippen molar-refractivity contribution >= 4 is 0 Å². The maximum Gasteiger partial charge on any atom is 0.0780 e. The van der Waals surface area contributed by atoms with Gasteiger partial charge in [-0.25, -0.2) is 0 Å². The van der Waals surface area contributed by atoms with Crippen molar-refractivity contribution in [2.75, 3.05) is 27.7 Å². The third-order valence-corrected chi connectivity index (χ3v) is 4.43. The lowest BCUT2D eigenvalue weighted by molar-refractivity contribution is -0.870. The van der Waals surface area contributed by atoms with Crippen LogP contribution in [-0.2, 0) is 0 Å². The molecule has 0 radical (unpaired) electrons.